The SMILES string of the molecule is CNC(=O)[C@@H](C)N(CCc1ccccc1)C(=O)COc1cccc(C)c1. The third kappa shape index (κ3) is 5.62. The molecule has 0 unspecified atom stereocenters. The minimum absolute atomic E-state index is 0.0976. The maximum atomic E-state index is 12.7. The van der Waals surface area contributed by atoms with Gasteiger partial charge < -0.3 is 15.0 Å². The van der Waals surface area contributed by atoms with Crippen molar-refractivity contribution >= 4 is 11.8 Å². The van der Waals surface area contributed by atoms with E-state index in [0.717, 1.165) is 11.1 Å². The van der Waals surface area contributed by atoms with Crippen LogP contribution in [-0.4, -0.2) is 43.0 Å². The van der Waals surface area contributed by atoms with Crippen molar-refractivity contribution in [3.05, 3.63) is 65.7 Å². The number of carbonyl (C=O) groups excluding carboxylic acids is 2. The highest BCUT2D eigenvalue weighted by Crippen LogP contribution is 2.13. The first-order valence-corrected chi connectivity index (χ1v) is 8.75. The third-order valence-electron chi connectivity index (χ3n) is 4.25. The Bertz CT molecular complexity index is 731. The van der Waals surface area contributed by atoms with Crippen LogP contribution in [0.1, 0.15) is 18.1 Å². The maximum absolute atomic E-state index is 12.7. The van der Waals surface area contributed by atoms with Gasteiger partial charge in [-0.2, -0.15) is 0 Å². The van der Waals surface area contributed by atoms with Gasteiger partial charge in [0, 0.05) is 13.6 Å². The van der Waals surface area contributed by atoms with Crippen LogP contribution in [-0.2, 0) is 16.0 Å². The van der Waals surface area contributed by atoms with Crippen molar-refractivity contribution < 1.29 is 14.3 Å². The summed E-state index contributed by atoms with van der Waals surface area (Å²) >= 11 is 0. The van der Waals surface area contributed by atoms with Crippen molar-refractivity contribution in [1.82, 2.24) is 10.2 Å². The molecule has 138 valence electrons. The zero-order valence-corrected chi connectivity index (χ0v) is 15.6. The van der Waals surface area contributed by atoms with Crippen molar-refractivity contribution in [2.75, 3.05) is 20.2 Å². The van der Waals surface area contributed by atoms with Crippen LogP contribution in [0.25, 0.3) is 0 Å². The Kier molecular flexibility index (Phi) is 7.21. The molecule has 2 aromatic carbocycles. The van der Waals surface area contributed by atoms with E-state index in [4.69, 9.17) is 4.74 Å². The Morgan fingerprint density at radius 1 is 1.12 bits per heavy atom. The predicted octanol–water partition coefficient (Wildman–Crippen LogP) is 2.58. The fourth-order valence-electron chi connectivity index (χ4n) is 2.71. The van der Waals surface area contributed by atoms with E-state index in [1.807, 2.05) is 61.5 Å². The molecule has 1 atom stereocenters. The van der Waals surface area contributed by atoms with Crippen LogP contribution in [0.15, 0.2) is 54.6 Å². The van der Waals surface area contributed by atoms with Gasteiger partial charge in [-0.1, -0.05) is 42.5 Å². The van der Waals surface area contributed by atoms with Gasteiger partial charge in [0.05, 0.1) is 0 Å². The number of aryl methyl sites for hydroxylation is 1. The standard InChI is InChI=1S/C21H26N2O3/c1-16-8-7-11-19(14-16)26-15-20(24)23(17(2)21(25)22-3)13-12-18-9-5-4-6-10-18/h4-11,14,17H,12-13,15H2,1-3H3,(H,22,25)/t17-/m1/s1. The molecule has 0 heterocycles. The second kappa shape index (κ2) is 9.61. The number of likely N-dealkylation sites (N-methyl/N-ethyl adjacent to an activating group) is 1. The Morgan fingerprint density at radius 3 is 2.50 bits per heavy atom. The molecule has 0 spiro atoms. The Hall–Kier alpha value is -2.82. The number of amides is 2. The summed E-state index contributed by atoms with van der Waals surface area (Å²) in [6.07, 6.45) is 0.679. The molecule has 0 fully saturated rings. The molecule has 0 aliphatic rings. The molecule has 2 amide bonds. The molecule has 0 bridgehead atoms. The molecule has 0 saturated carbocycles. The molecule has 5 nitrogen and oxygen atoms in total. The Morgan fingerprint density at radius 2 is 1.85 bits per heavy atom. The molecule has 2 rings (SSSR count). The number of hydrogen-bond acceptors (Lipinski definition) is 3. The van der Waals surface area contributed by atoms with Crippen molar-refractivity contribution in [2.24, 2.45) is 0 Å². The fraction of sp³-hybridized carbons (Fsp3) is 0.333. The first-order valence-electron chi connectivity index (χ1n) is 8.75. The monoisotopic (exact) mass is 354 g/mol. The number of hydrogen-bond donors (Lipinski definition) is 1. The molecule has 0 radical (unpaired) electrons. The summed E-state index contributed by atoms with van der Waals surface area (Å²) in [6, 6.07) is 16.9. The topological polar surface area (TPSA) is 58.6 Å². The van der Waals surface area contributed by atoms with E-state index in [1.54, 1.807) is 18.9 Å². The summed E-state index contributed by atoms with van der Waals surface area (Å²) in [7, 11) is 1.57. The van der Waals surface area contributed by atoms with Crippen molar-refractivity contribution in [3.8, 4) is 5.75 Å². The maximum Gasteiger partial charge on any atom is 0.261 e. The lowest BCUT2D eigenvalue weighted by atomic mass is 10.1. The van der Waals surface area contributed by atoms with Gasteiger partial charge >= 0.3 is 0 Å². The minimum Gasteiger partial charge on any atom is -0.484 e. The number of rotatable bonds is 8. The van der Waals surface area contributed by atoms with E-state index in [2.05, 4.69) is 5.32 Å². The average Bonchev–Trinajstić information content (AvgIpc) is 2.66. The van der Waals surface area contributed by atoms with Crippen LogP contribution in [0.4, 0.5) is 0 Å². The summed E-state index contributed by atoms with van der Waals surface area (Å²) in [5.41, 5.74) is 2.18. The lowest BCUT2D eigenvalue weighted by molar-refractivity contribution is -0.141. The fourth-order valence-corrected chi connectivity index (χ4v) is 2.71. The van der Waals surface area contributed by atoms with E-state index in [9.17, 15) is 9.59 Å². The van der Waals surface area contributed by atoms with Crippen molar-refractivity contribution in [2.45, 2.75) is 26.3 Å². The van der Waals surface area contributed by atoms with Crippen LogP contribution in [0.5, 0.6) is 5.75 Å². The van der Waals surface area contributed by atoms with E-state index >= 15 is 0 Å². The lowest BCUT2D eigenvalue weighted by Gasteiger charge is -2.28. The normalized spacial score (nSPS) is 11.5. The van der Waals surface area contributed by atoms with E-state index in [0.29, 0.717) is 18.7 Å². The smallest absolute Gasteiger partial charge is 0.261 e. The number of benzene rings is 2. The summed E-state index contributed by atoms with van der Waals surface area (Å²) < 4.78 is 5.62. The summed E-state index contributed by atoms with van der Waals surface area (Å²) in [4.78, 5) is 26.3. The second-order valence-electron chi connectivity index (χ2n) is 6.22. The molecule has 26 heavy (non-hydrogen) atoms. The van der Waals surface area contributed by atoms with Gasteiger partial charge in [-0.15, -0.1) is 0 Å². The largest absolute Gasteiger partial charge is 0.484 e. The quantitative estimate of drug-likeness (QED) is 0.793. The highest BCUT2D eigenvalue weighted by atomic mass is 16.5. The number of nitrogens with zero attached hydrogens (tertiary/aromatic N) is 1. The molecular weight excluding hydrogens is 328 g/mol. The summed E-state index contributed by atoms with van der Waals surface area (Å²) in [6.45, 7) is 4.05. The van der Waals surface area contributed by atoms with Crippen molar-refractivity contribution in [1.29, 1.82) is 0 Å². The molecule has 0 aliphatic heterocycles. The predicted molar refractivity (Wildman–Crippen MR) is 102 cm³/mol. The van der Waals surface area contributed by atoms with Gasteiger partial charge in [0.15, 0.2) is 6.61 Å². The lowest BCUT2D eigenvalue weighted by Crippen LogP contribution is -2.49. The van der Waals surface area contributed by atoms with Gasteiger partial charge in [0.25, 0.3) is 5.91 Å². The van der Waals surface area contributed by atoms with Crippen LogP contribution < -0.4 is 10.1 Å². The summed E-state index contributed by atoms with van der Waals surface area (Å²) in [5.74, 6) is 0.245. The van der Waals surface area contributed by atoms with Crippen LogP contribution in [0, 0.1) is 6.92 Å². The zero-order chi connectivity index (χ0) is 18.9. The molecule has 2 aromatic rings. The number of nitrogens with one attached hydrogen (secondary N) is 1. The van der Waals surface area contributed by atoms with Gasteiger partial charge in [-0.05, 0) is 43.5 Å². The Balaban J connectivity index is 2.03. The van der Waals surface area contributed by atoms with Gasteiger partial charge in [0.1, 0.15) is 11.8 Å². The molecule has 0 aromatic heterocycles. The molecular formula is C21H26N2O3. The third-order valence-corrected chi connectivity index (χ3v) is 4.25. The summed E-state index contributed by atoms with van der Waals surface area (Å²) in [5, 5.41) is 2.61. The minimum atomic E-state index is -0.558. The second-order valence-corrected chi connectivity index (χ2v) is 6.22. The number of ether oxygens (including phenoxy) is 1. The van der Waals surface area contributed by atoms with Crippen molar-refractivity contribution in [3.63, 3.8) is 0 Å². The first-order chi connectivity index (χ1) is 12.5. The van der Waals surface area contributed by atoms with Gasteiger partial charge in [-0.3, -0.25) is 9.59 Å². The Labute approximate surface area is 155 Å². The zero-order valence-electron chi connectivity index (χ0n) is 15.6. The molecule has 1 N–H and O–H groups in total. The highest BCUT2D eigenvalue weighted by molar-refractivity contribution is 5.87. The average molecular weight is 354 g/mol. The van der Waals surface area contributed by atoms with E-state index in [1.165, 1.54) is 0 Å². The van der Waals surface area contributed by atoms with Crippen LogP contribution >= 0.6 is 0 Å². The van der Waals surface area contributed by atoms with Gasteiger partial charge in [-0.25, -0.2) is 0 Å². The number of carbonyl (C=O) groups is 2. The van der Waals surface area contributed by atoms with Crippen LogP contribution in [0.3, 0.4) is 0 Å². The first kappa shape index (κ1) is 19.5. The molecule has 0 saturated heterocycles. The molecule has 5 heteroatoms. The van der Waals surface area contributed by atoms with E-state index < -0.39 is 6.04 Å². The highest BCUT2D eigenvalue weighted by Gasteiger charge is 2.25. The van der Waals surface area contributed by atoms with Crippen LogP contribution in [0.2, 0.25) is 0 Å². The molecule has 0 aliphatic carbocycles. The van der Waals surface area contributed by atoms with E-state index in [-0.39, 0.29) is 18.4 Å². The van der Waals surface area contributed by atoms with Gasteiger partial charge in [0.2, 0.25) is 5.91 Å².